The molecule has 0 radical (unpaired) electrons. The molecule has 1 aromatic carbocycles. The average molecular weight is 536 g/mol. The molecule has 8 nitrogen and oxygen atoms in total. The molecule has 12 heteroatoms. The van der Waals surface area contributed by atoms with E-state index in [0.717, 1.165) is 13.2 Å². The summed E-state index contributed by atoms with van der Waals surface area (Å²) >= 11 is 0. The molecular formula is C25H29F3N5O3P. The number of aryl methyl sites for hydroxylation is 1. The van der Waals surface area contributed by atoms with E-state index >= 15 is 4.39 Å². The number of methoxy groups -OCH3 is 1. The minimum atomic E-state index is -3.49. The third-order valence-electron chi connectivity index (χ3n) is 6.57. The monoisotopic (exact) mass is 535 g/mol. The van der Waals surface area contributed by atoms with Gasteiger partial charge in [-0.05, 0) is 26.0 Å². The summed E-state index contributed by atoms with van der Waals surface area (Å²) in [6, 6.07) is 4.79. The molecule has 2 aromatic heterocycles. The molecule has 0 saturated carbocycles. The molecule has 1 atom stereocenters. The van der Waals surface area contributed by atoms with Crippen LogP contribution in [0.15, 0.2) is 30.5 Å². The Kier molecular flexibility index (Phi) is 7.57. The van der Waals surface area contributed by atoms with Gasteiger partial charge >= 0.3 is 0 Å². The van der Waals surface area contributed by atoms with E-state index in [0.29, 0.717) is 53.4 Å². The lowest BCUT2D eigenvalue weighted by molar-refractivity contribution is -0.128. The Morgan fingerprint density at radius 3 is 2.62 bits per heavy atom. The van der Waals surface area contributed by atoms with Gasteiger partial charge in [-0.15, -0.1) is 0 Å². The number of nitrogens with one attached hydrogen (secondary N) is 1. The first-order chi connectivity index (χ1) is 17.4. The number of pyridine rings is 1. The van der Waals surface area contributed by atoms with E-state index in [1.807, 2.05) is 0 Å². The van der Waals surface area contributed by atoms with Gasteiger partial charge in [0.05, 0.1) is 23.3 Å². The van der Waals surface area contributed by atoms with Gasteiger partial charge in [0, 0.05) is 50.4 Å². The molecule has 4 rings (SSSR count). The molecule has 1 N–H and O–H groups in total. The smallest absolute Gasteiger partial charge is 0.298 e. The summed E-state index contributed by atoms with van der Waals surface area (Å²) < 4.78 is 62.3. The van der Waals surface area contributed by atoms with Gasteiger partial charge in [0.15, 0.2) is 0 Å². The lowest BCUT2D eigenvalue weighted by Crippen LogP contribution is -2.40. The summed E-state index contributed by atoms with van der Waals surface area (Å²) in [5.41, 5.74) is 0.210. The van der Waals surface area contributed by atoms with Crippen LogP contribution in [0.5, 0.6) is 0 Å². The van der Waals surface area contributed by atoms with E-state index < -0.39 is 37.1 Å². The second kappa shape index (κ2) is 10.4. The second-order valence-corrected chi connectivity index (χ2v) is 12.4. The van der Waals surface area contributed by atoms with Crippen LogP contribution < -0.4 is 10.8 Å². The van der Waals surface area contributed by atoms with Gasteiger partial charge in [-0.1, -0.05) is 12.1 Å². The number of amides is 1. The van der Waals surface area contributed by atoms with Crippen LogP contribution in [0.3, 0.4) is 0 Å². The molecule has 37 heavy (non-hydrogen) atoms. The Bertz CT molecular complexity index is 1380. The number of halogens is 3. The van der Waals surface area contributed by atoms with Gasteiger partial charge in [0.25, 0.3) is 5.92 Å². The molecule has 1 aliphatic heterocycles. The Hall–Kier alpha value is -3.04. The van der Waals surface area contributed by atoms with Gasteiger partial charge in [-0.2, -0.15) is 8.78 Å². The fraction of sp³-hybridized carbons (Fsp3) is 0.440. The van der Waals surface area contributed by atoms with Gasteiger partial charge in [0.1, 0.15) is 36.6 Å². The molecule has 1 saturated heterocycles. The first-order valence-corrected chi connectivity index (χ1v) is 13.9. The highest BCUT2D eigenvalue weighted by Gasteiger charge is 2.36. The van der Waals surface area contributed by atoms with Crippen molar-refractivity contribution in [2.45, 2.75) is 32.7 Å². The van der Waals surface area contributed by atoms with Crippen molar-refractivity contribution in [3.8, 4) is 0 Å². The number of hydrogen-bond donors (Lipinski definition) is 1. The molecule has 0 unspecified atom stereocenters. The van der Waals surface area contributed by atoms with Crippen LogP contribution in [0.1, 0.15) is 36.8 Å². The van der Waals surface area contributed by atoms with Gasteiger partial charge < -0.3 is 19.5 Å². The lowest BCUT2D eigenvalue weighted by atomic mass is 10.00. The van der Waals surface area contributed by atoms with E-state index in [4.69, 9.17) is 0 Å². The Balaban J connectivity index is 1.68. The van der Waals surface area contributed by atoms with E-state index in [9.17, 15) is 18.1 Å². The highest BCUT2D eigenvalue weighted by Crippen LogP contribution is 2.46. The highest BCUT2D eigenvalue weighted by atomic mass is 31.2. The van der Waals surface area contributed by atoms with E-state index in [1.54, 1.807) is 24.8 Å². The number of fused-ring (bicyclic) bond motifs is 1. The number of rotatable bonds is 7. The van der Waals surface area contributed by atoms with Crippen molar-refractivity contribution in [1.82, 2.24) is 19.9 Å². The van der Waals surface area contributed by atoms with Crippen LogP contribution >= 0.6 is 7.14 Å². The van der Waals surface area contributed by atoms with Crippen LogP contribution in [-0.4, -0.2) is 64.9 Å². The molecule has 3 aromatic rings. The van der Waals surface area contributed by atoms with Gasteiger partial charge in [-0.25, -0.2) is 14.4 Å². The summed E-state index contributed by atoms with van der Waals surface area (Å²) in [5, 5.41) is 3.66. The molecule has 1 fully saturated rings. The number of benzene rings is 1. The number of hydrogen-bond acceptors (Lipinski definition) is 7. The SMILES string of the molecule is COCC(F)(F)c1cccc([C@@H](C)Nc2nc(C)nc3cnc(P4(=O)CCN(C(C)=O)CC4)cc23)c1F. The predicted octanol–water partition coefficient (Wildman–Crippen LogP) is 4.23. The molecule has 0 spiro atoms. The molecule has 1 aliphatic rings. The maximum Gasteiger partial charge on any atom is 0.298 e. The highest BCUT2D eigenvalue weighted by molar-refractivity contribution is 7.71. The van der Waals surface area contributed by atoms with Crippen molar-refractivity contribution in [2.24, 2.45) is 0 Å². The summed E-state index contributed by atoms with van der Waals surface area (Å²) in [6.07, 6.45) is 2.17. The minimum absolute atomic E-state index is 0.0383. The maximum atomic E-state index is 15.2. The number of alkyl halides is 2. The number of nitrogens with zero attached hydrogens (tertiary/aromatic N) is 4. The first-order valence-electron chi connectivity index (χ1n) is 11.9. The standard InChI is InChI=1S/C25H29F3N5O3P/c1-15(18-6-5-7-20(23(18)26)25(27,28)14-36-4)30-24-19-12-22(29-13-21(19)31-16(2)32-24)37(35)10-8-33(9-11-37)17(3)34/h5-7,12-13,15H,8-11,14H2,1-4H3,(H,30,31,32)/t15-/m1/s1. The largest absolute Gasteiger partial charge is 0.378 e. The third kappa shape index (κ3) is 5.48. The van der Waals surface area contributed by atoms with Crippen molar-refractivity contribution in [1.29, 1.82) is 0 Å². The van der Waals surface area contributed by atoms with E-state index in [1.165, 1.54) is 25.3 Å². The van der Waals surface area contributed by atoms with Gasteiger partial charge in [-0.3, -0.25) is 9.78 Å². The predicted molar refractivity (Wildman–Crippen MR) is 136 cm³/mol. The van der Waals surface area contributed by atoms with Crippen LogP contribution in [0.4, 0.5) is 19.0 Å². The number of carbonyl (C=O) groups is 1. The second-order valence-electron chi connectivity index (χ2n) is 9.23. The Morgan fingerprint density at radius 2 is 1.97 bits per heavy atom. The van der Waals surface area contributed by atoms with Crippen molar-refractivity contribution in [2.75, 3.05) is 44.4 Å². The molecule has 198 valence electrons. The van der Waals surface area contributed by atoms with Crippen LogP contribution in [0.2, 0.25) is 0 Å². The van der Waals surface area contributed by atoms with Crippen LogP contribution in [-0.2, 0) is 20.0 Å². The first kappa shape index (κ1) is 27.0. The van der Waals surface area contributed by atoms with Crippen LogP contribution in [0.25, 0.3) is 10.9 Å². The van der Waals surface area contributed by atoms with E-state index in [-0.39, 0.29) is 11.5 Å². The normalized spacial score (nSPS) is 16.6. The lowest BCUT2D eigenvalue weighted by Gasteiger charge is -2.31. The fourth-order valence-electron chi connectivity index (χ4n) is 4.51. The zero-order chi connectivity index (χ0) is 27.0. The number of carbonyl (C=O) groups excluding carboxylic acids is 1. The molecule has 0 bridgehead atoms. The summed E-state index contributed by atoms with van der Waals surface area (Å²) in [7, 11) is -1.72. The van der Waals surface area contributed by atoms with Crippen molar-refractivity contribution < 1.29 is 27.3 Å². The molecular weight excluding hydrogens is 506 g/mol. The van der Waals surface area contributed by atoms with Crippen LogP contribution in [0, 0.1) is 12.7 Å². The zero-order valence-corrected chi connectivity index (χ0v) is 22.0. The maximum absolute atomic E-state index is 15.2. The fourth-order valence-corrected chi connectivity index (χ4v) is 6.95. The number of aromatic nitrogens is 3. The number of anilines is 1. The van der Waals surface area contributed by atoms with Crippen molar-refractivity contribution in [3.63, 3.8) is 0 Å². The zero-order valence-electron chi connectivity index (χ0n) is 21.1. The molecule has 0 aliphatic carbocycles. The Labute approximate surface area is 213 Å². The molecule has 3 heterocycles. The quantitative estimate of drug-likeness (QED) is 0.452. The summed E-state index contributed by atoms with van der Waals surface area (Å²) in [4.78, 5) is 26.6. The van der Waals surface area contributed by atoms with Gasteiger partial charge in [0.2, 0.25) is 5.91 Å². The Morgan fingerprint density at radius 1 is 1.27 bits per heavy atom. The van der Waals surface area contributed by atoms with E-state index in [2.05, 4.69) is 25.0 Å². The molecule has 1 amide bonds. The van der Waals surface area contributed by atoms with Crippen molar-refractivity contribution >= 4 is 35.2 Å². The van der Waals surface area contributed by atoms with Crippen molar-refractivity contribution in [3.05, 3.63) is 53.2 Å². The summed E-state index contributed by atoms with van der Waals surface area (Å²) in [5.74, 6) is -3.79. The average Bonchev–Trinajstić information content (AvgIpc) is 2.84. The third-order valence-corrected chi connectivity index (χ3v) is 9.50. The summed E-state index contributed by atoms with van der Waals surface area (Å²) in [6.45, 7) is 4.66. The minimum Gasteiger partial charge on any atom is -0.378 e. The number of ether oxygens (including phenoxy) is 1. The topological polar surface area (TPSA) is 97.3 Å².